The fourth-order valence-electron chi connectivity index (χ4n) is 4.25. The van der Waals surface area contributed by atoms with Gasteiger partial charge in [-0.25, -0.2) is 9.78 Å². The van der Waals surface area contributed by atoms with Gasteiger partial charge in [0.15, 0.2) is 0 Å². The van der Waals surface area contributed by atoms with Crippen molar-refractivity contribution >= 4 is 17.8 Å². The third kappa shape index (κ3) is 3.03. The first-order chi connectivity index (χ1) is 12.7. The third-order valence-electron chi connectivity index (χ3n) is 5.61. The summed E-state index contributed by atoms with van der Waals surface area (Å²) in [7, 11) is 1.57. The minimum absolute atomic E-state index is 0.110. The number of likely N-dealkylation sites (N-methyl/N-ethyl adjacent to an activating group) is 1. The zero-order valence-electron chi connectivity index (χ0n) is 16.7. The number of carbonyl (C=O) groups excluding carboxylic acids is 2. The Hall–Kier alpha value is -2.62. The molecule has 0 unspecified atom stereocenters. The Balaban J connectivity index is 1.89. The monoisotopic (exact) mass is 369 g/mol. The fraction of sp³-hybridized carbons (Fsp3) is 0.600. The van der Waals surface area contributed by atoms with Crippen LogP contribution >= 0.6 is 0 Å². The molecule has 1 aromatic rings. The molecule has 2 aliphatic heterocycles. The van der Waals surface area contributed by atoms with E-state index in [2.05, 4.69) is 29.8 Å². The van der Waals surface area contributed by atoms with E-state index >= 15 is 0 Å². The van der Waals surface area contributed by atoms with Crippen LogP contribution in [0.3, 0.4) is 0 Å². The highest BCUT2D eigenvalue weighted by molar-refractivity contribution is 6.07. The summed E-state index contributed by atoms with van der Waals surface area (Å²) in [6, 6.07) is 3.97. The first kappa shape index (κ1) is 19.2. The van der Waals surface area contributed by atoms with Crippen LogP contribution in [0.1, 0.15) is 43.5 Å². The van der Waals surface area contributed by atoms with Crippen LogP contribution in [0.25, 0.3) is 0 Å². The Kier molecular flexibility index (Phi) is 4.85. The van der Waals surface area contributed by atoms with Crippen LogP contribution < -0.4 is 4.90 Å². The molecule has 0 bridgehead atoms. The highest BCUT2D eigenvalue weighted by atomic mass is 16.2. The van der Waals surface area contributed by atoms with Crippen LogP contribution in [0.15, 0.2) is 6.07 Å². The lowest BCUT2D eigenvalue weighted by molar-refractivity contribution is -0.133. The van der Waals surface area contributed by atoms with Gasteiger partial charge >= 0.3 is 6.03 Å². The third-order valence-corrected chi connectivity index (χ3v) is 5.61. The van der Waals surface area contributed by atoms with Gasteiger partial charge in [0.25, 0.3) is 5.91 Å². The minimum Gasteiger partial charge on any atom is -0.355 e. The molecule has 27 heavy (non-hydrogen) atoms. The molecule has 0 saturated carbocycles. The maximum atomic E-state index is 12.9. The van der Waals surface area contributed by atoms with E-state index in [0.717, 1.165) is 11.3 Å². The Morgan fingerprint density at radius 2 is 1.89 bits per heavy atom. The normalized spacial score (nSPS) is 19.4. The quantitative estimate of drug-likeness (QED) is 0.765. The molecule has 2 aliphatic rings. The lowest BCUT2D eigenvalue weighted by atomic mass is 9.85. The maximum Gasteiger partial charge on any atom is 0.327 e. The molecule has 0 N–H and O–H groups in total. The van der Waals surface area contributed by atoms with E-state index in [4.69, 9.17) is 0 Å². The molecule has 7 heteroatoms. The Morgan fingerprint density at radius 1 is 1.26 bits per heavy atom. The van der Waals surface area contributed by atoms with Gasteiger partial charge in [-0.2, -0.15) is 5.26 Å². The smallest absolute Gasteiger partial charge is 0.327 e. The molecule has 3 amide bonds. The van der Waals surface area contributed by atoms with Gasteiger partial charge in [0.05, 0.1) is 5.56 Å². The van der Waals surface area contributed by atoms with Gasteiger partial charge in [-0.05, 0) is 44.2 Å². The van der Waals surface area contributed by atoms with E-state index in [9.17, 15) is 14.9 Å². The minimum atomic E-state index is -0.766. The number of piperidine rings is 1. The summed E-state index contributed by atoms with van der Waals surface area (Å²) < 4.78 is 0. The zero-order chi connectivity index (χ0) is 19.9. The topological polar surface area (TPSA) is 80.5 Å². The van der Waals surface area contributed by atoms with E-state index in [1.165, 1.54) is 4.90 Å². The molecule has 0 aliphatic carbocycles. The zero-order valence-corrected chi connectivity index (χ0v) is 16.7. The number of hydrogen-bond acceptors (Lipinski definition) is 5. The van der Waals surface area contributed by atoms with Crippen molar-refractivity contribution in [2.45, 2.75) is 46.1 Å². The van der Waals surface area contributed by atoms with Gasteiger partial charge in [0.1, 0.15) is 17.4 Å². The van der Waals surface area contributed by atoms with Crippen LogP contribution in [0.2, 0.25) is 0 Å². The maximum absolute atomic E-state index is 12.9. The standard InChI is InChI=1S/C20H27N5O2/c1-13(2)12-25-19(27)23(5)18(26)20(25)6-8-24(9-7-20)17-16(11-21)14(3)10-15(4)22-17/h10,13H,6-9,12H2,1-5H3. The SMILES string of the molecule is Cc1cc(C)c(C#N)c(N2CCC3(CC2)C(=O)N(C)C(=O)N3CC(C)C)n1. The van der Waals surface area contributed by atoms with Gasteiger partial charge in [0, 0.05) is 32.4 Å². The lowest BCUT2D eigenvalue weighted by Crippen LogP contribution is -2.57. The fourth-order valence-corrected chi connectivity index (χ4v) is 4.25. The van der Waals surface area contributed by atoms with E-state index < -0.39 is 5.54 Å². The average molecular weight is 369 g/mol. The summed E-state index contributed by atoms with van der Waals surface area (Å²) >= 11 is 0. The molecule has 2 saturated heterocycles. The van der Waals surface area contributed by atoms with Crippen LogP contribution in [-0.4, -0.2) is 58.9 Å². The number of aromatic nitrogens is 1. The molecule has 2 fully saturated rings. The summed E-state index contributed by atoms with van der Waals surface area (Å²) in [6.07, 6.45) is 1.10. The van der Waals surface area contributed by atoms with Crippen molar-refractivity contribution in [1.82, 2.24) is 14.8 Å². The molecule has 0 atom stereocenters. The average Bonchev–Trinajstić information content (AvgIpc) is 2.78. The Labute approximate surface area is 160 Å². The first-order valence-corrected chi connectivity index (χ1v) is 9.44. The van der Waals surface area contributed by atoms with Crippen molar-refractivity contribution in [3.63, 3.8) is 0 Å². The van der Waals surface area contributed by atoms with Crippen molar-refractivity contribution in [3.8, 4) is 6.07 Å². The number of aryl methyl sites for hydroxylation is 2. The summed E-state index contributed by atoms with van der Waals surface area (Å²) in [6.45, 7) is 9.69. The molecular formula is C20H27N5O2. The van der Waals surface area contributed by atoms with Gasteiger partial charge < -0.3 is 9.80 Å². The molecule has 7 nitrogen and oxygen atoms in total. The number of nitriles is 1. The van der Waals surface area contributed by atoms with E-state index in [1.54, 1.807) is 11.9 Å². The van der Waals surface area contributed by atoms with Crippen LogP contribution in [0.4, 0.5) is 10.6 Å². The van der Waals surface area contributed by atoms with Gasteiger partial charge in [-0.15, -0.1) is 0 Å². The van der Waals surface area contributed by atoms with Crippen LogP contribution in [0.5, 0.6) is 0 Å². The number of amides is 3. The molecule has 144 valence electrons. The second kappa shape index (κ2) is 6.84. The molecule has 0 aromatic carbocycles. The first-order valence-electron chi connectivity index (χ1n) is 9.44. The number of hydrogen-bond donors (Lipinski definition) is 0. The number of pyridine rings is 1. The van der Waals surface area contributed by atoms with Gasteiger partial charge in [-0.1, -0.05) is 13.8 Å². The summed E-state index contributed by atoms with van der Waals surface area (Å²) in [5.41, 5.74) is 1.60. The highest BCUT2D eigenvalue weighted by Crippen LogP contribution is 2.38. The van der Waals surface area contributed by atoms with Crippen molar-refractivity contribution < 1.29 is 9.59 Å². The Bertz CT molecular complexity index is 818. The molecule has 0 radical (unpaired) electrons. The number of nitrogens with zero attached hydrogens (tertiary/aromatic N) is 5. The van der Waals surface area contributed by atoms with Crippen molar-refractivity contribution in [1.29, 1.82) is 5.26 Å². The van der Waals surface area contributed by atoms with E-state index in [1.807, 2.05) is 19.9 Å². The van der Waals surface area contributed by atoms with Crippen LogP contribution in [-0.2, 0) is 4.79 Å². The highest BCUT2D eigenvalue weighted by Gasteiger charge is 2.56. The second-order valence-electron chi connectivity index (χ2n) is 8.06. The molecule has 1 spiro atoms. The number of carbonyl (C=O) groups is 2. The van der Waals surface area contributed by atoms with Crippen molar-refractivity contribution in [2.75, 3.05) is 31.6 Å². The lowest BCUT2D eigenvalue weighted by Gasteiger charge is -2.43. The number of imide groups is 1. The van der Waals surface area contributed by atoms with Crippen LogP contribution in [0, 0.1) is 31.1 Å². The molecular weight excluding hydrogens is 342 g/mol. The second-order valence-corrected chi connectivity index (χ2v) is 8.06. The van der Waals surface area contributed by atoms with Crippen molar-refractivity contribution in [2.24, 2.45) is 5.92 Å². The molecule has 3 rings (SSSR count). The molecule has 1 aromatic heterocycles. The van der Waals surface area contributed by atoms with E-state index in [0.29, 0.717) is 43.9 Å². The summed E-state index contributed by atoms with van der Waals surface area (Å²) in [5.74, 6) is 0.863. The molecule has 3 heterocycles. The van der Waals surface area contributed by atoms with Gasteiger partial charge in [0.2, 0.25) is 0 Å². The number of urea groups is 1. The van der Waals surface area contributed by atoms with Crippen molar-refractivity contribution in [3.05, 3.63) is 22.9 Å². The largest absolute Gasteiger partial charge is 0.355 e. The predicted octanol–water partition coefficient (Wildman–Crippen LogP) is 2.46. The van der Waals surface area contributed by atoms with Gasteiger partial charge in [-0.3, -0.25) is 9.69 Å². The summed E-state index contributed by atoms with van der Waals surface area (Å²) in [4.78, 5) is 35.2. The predicted molar refractivity (Wildman–Crippen MR) is 102 cm³/mol. The number of rotatable bonds is 3. The Morgan fingerprint density at radius 3 is 2.44 bits per heavy atom. The number of anilines is 1. The van der Waals surface area contributed by atoms with E-state index in [-0.39, 0.29) is 17.9 Å². The summed E-state index contributed by atoms with van der Waals surface area (Å²) in [5, 5.41) is 9.55.